The molecule has 0 unspecified atom stereocenters. The van der Waals surface area contributed by atoms with E-state index in [-0.39, 0.29) is 5.69 Å². The first-order chi connectivity index (χ1) is 57.5. The third kappa shape index (κ3) is 11.0. The number of rotatable bonds is 13. The maximum absolute atomic E-state index is 14.0. The van der Waals surface area contributed by atoms with Crippen molar-refractivity contribution in [2.24, 2.45) is 0 Å². The Hall–Kier alpha value is -15.9. The zero-order valence-electron chi connectivity index (χ0n) is 62.8. The summed E-state index contributed by atoms with van der Waals surface area (Å²) < 4.78 is 9.73. The minimum atomic E-state index is 0.264. The van der Waals surface area contributed by atoms with E-state index in [9.17, 15) is 10.5 Å². The number of nitriles is 2. The van der Waals surface area contributed by atoms with Gasteiger partial charge in [-0.15, -0.1) is 0 Å². The van der Waals surface area contributed by atoms with E-state index in [2.05, 4.69) is 425 Å². The fraction of sp³-hybridized carbons (Fsp3) is 0. The Bertz CT molecular complexity index is 6950. The smallest absolute Gasteiger partial charge is 0.140 e. The minimum absolute atomic E-state index is 0.264. The van der Waals surface area contributed by atoms with Crippen molar-refractivity contribution in [1.29, 1.82) is 10.5 Å². The van der Waals surface area contributed by atoms with Crippen molar-refractivity contribution in [3.63, 3.8) is 0 Å². The number of hydrogen-bond acceptors (Lipinski definition) is 3. The average molecular weight is 1470 g/mol. The Labute approximate surface area is 669 Å². The molecule has 0 bridgehead atoms. The molecule has 538 valence electrons. The molecule has 0 saturated carbocycles. The summed E-state index contributed by atoms with van der Waals surface area (Å²) in [5.74, 6) is 0. The molecule has 0 amide bonds. The molecule has 116 heavy (non-hydrogen) atoms. The van der Waals surface area contributed by atoms with Crippen LogP contribution in [0.4, 0.5) is 0 Å². The number of fused-ring (bicyclic) bond motifs is 12. The largest absolute Gasteiger partial charge is 0.306 e. The van der Waals surface area contributed by atoms with Crippen molar-refractivity contribution < 1.29 is 0 Å². The molecule has 7 nitrogen and oxygen atoms in total. The lowest BCUT2D eigenvalue weighted by atomic mass is 9.93. The summed E-state index contributed by atoms with van der Waals surface area (Å²) in [4.78, 5) is 5.17. The van der Waals surface area contributed by atoms with Crippen LogP contribution >= 0.6 is 0 Å². The molecule has 0 spiro atoms. The minimum Gasteiger partial charge on any atom is -0.306 e. The van der Waals surface area contributed by atoms with Gasteiger partial charge in [0, 0.05) is 60.4 Å². The Kier molecular flexibility index (Phi) is 15.9. The first-order valence-corrected chi connectivity index (χ1v) is 39.3. The van der Waals surface area contributed by atoms with Crippen LogP contribution in [0.1, 0.15) is 11.3 Å². The van der Waals surface area contributed by atoms with Crippen LogP contribution in [0, 0.1) is 22.7 Å². The predicted molar refractivity (Wildman–Crippen MR) is 480 cm³/mol. The van der Waals surface area contributed by atoms with E-state index in [1.54, 1.807) is 0 Å². The van der Waals surface area contributed by atoms with Crippen molar-refractivity contribution in [1.82, 2.24) is 23.3 Å². The molecule has 0 saturated heterocycles. The summed E-state index contributed by atoms with van der Waals surface area (Å²) in [6.07, 6.45) is 1.89. The van der Waals surface area contributed by atoms with Crippen molar-refractivity contribution in [2.45, 2.75) is 0 Å². The summed E-state index contributed by atoms with van der Waals surface area (Å²) in [7, 11) is 0. The van der Waals surface area contributed by atoms with Crippen molar-refractivity contribution >= 4 is 87.2 Å². The molecular formula is C109H67N7. The van der Waals surface area contributed by atoms with Gasteiger partial charge in [0.1, 0.15) is 23.4 Å². The van der Waals surface area contributed by atoms with Gasteiger partial charge in [-0.05, 0) is 198 Å². The highest BCUT2D eigenvalue weighted by molar-refractivity contribution is 6.20. The summed E-state index contributed by atoms with van der Waals surface area (Å²) in [5, 5.41) is 33.1. The maximum Gasteiger partial charge on any atom is 0.140 e. The van der Waals surface area contributed by atoms with Crippen molar-refractivity contribution in [3.8, 4) is 135 Å². The lowest BCUT2D eigenvalue weighted by Gasteiger charge is -2.29. The summed E-state index contributed by atoms with van der Waals surface area (Å²) in [6.45, 7) is 0. The van der Waals surface area contributed by atoms with Gasteiger partial charge < -0.3 is 18.3 Å². The molecule has 0 aliphatic rings. The van der Waals surface area contributed by atoms with Crippen LogP contribution < -0.4 is 0 Å². The number of pyridine rings is 1. The summed E-state index contributed by atoms with van der Waals surface area (Å²) >= 11 is 0. The van der Waals surface area contributed by atoms with Crippen LogP contribution in [0.3, 0.4) is 0 Å². The van der Waals surface area contributed by atoms with Gasteiger partial charge in [-0.1, -0.05) is 291 Å². The second-order valence-electron chi connectivity index (χ2n) is 29.9. The van der Waals surface area contributed by atoms with Crippen LogP contribution in [0.5, 0.6) is 0 Å². The Morgan fingerprint density at radius 3 is 0.543 bits per heavy atom. The second kappa shape index (κ2) is 27.5. The van der Waals surface area contributed by atoms with Gasteiger partial charge in [0.25, 0.3) is 0 Å². The fourth-order valence-corrected chi connectivity index (χ4v) is 18.1. The van der Waals surface area contributed by atoms with Gasteiger partial charge in [0.15, 0.2) is 0 Å². The number of aromatic nitrogens is 5. The molecule has 0 aliphatic heterocycles. The van der Waals surface area contributed by atoms with Crippen molar-refractivity contribution in [3.05, 3.63) is 418 Å². The maximum atomic E-state index is 14.0. The molecule has 0 atom stereocenters. The molecular weight excluding hydrogens is 1410 g/mol. The third-order valence-corrected chi connectivity index (χ3v) is 23.5. The van der Waals surface area contributed by atoms with E-state index in [4.69, 9.17) is 4.98 Å². The third-order valence-electron chi connectivity index (χ3n) is 23.5. The fourth-order valence-electron chi connectivity index (χ4n) is 18.1. The van der Waals surface area contributed by atoms with Gasteiger partial charge in [-0.3, -0.25) is 0 Å². The molecule has 7 heteroatoms. The van der Waals surface area contributed by atoms with Gasteiger partial charge in [-0.25, -0.2) is 4.98 Å². The van der Waals surface area contributed by atoms with Gasteiger partial charge in [0.05, 0.1) is 66.9 Å². The molecule has 0 aliphatic carbocycles. The predicted octanol–water partition coefficient (Wildman–Crippen LogP) is 28.2. The second-order valence-corrected chi connectivity index (χ2v) is 29.9. The quantitative estimate of drug-likeness (QED) is 0.115. The zero-order chi connectivity index (χ0) is 76.9. The topological polar surface area (TPSA) is 80.2 Å². The van der Waals surface area contributed by atoms with Crippen LogP contribution in [0.25, 0.3) is 210 Å². The first-order valence-electron chi connectivity index (χ1n) is 39.3. The summed E-state index contributed by atoms with van der Waals surface area (Å²) in [6, 6.07) is 150. The van der Waals surface area contributed by atoms with Crippen LogP contribution in [-0.2, 0) is 0 Å². The molecule has 22 aromatic rings. The van der Waals surface area contributed by atoms with Crippen LogP contribution in [0.2, 0.25) is 0 Å². The highest BCUT2D eigenvalue weighted by atomic mass is 15.1. The molecule has 5 aromatic heterocycles. The van der Waals surface area contributed by atoms with E-state index in [0.29, 0.717) is 22.5 Å². The van der Waals surface area contributed by atoms with Crippen LogP contribution in [0.15, 0.2) is 407 Å². The van der Waals surface area contributed by atoms with E-state index < -0.39 is 0 Å². The lowest BCUT2D eigenvalue weighted by molar-refractivity contribution is 1.03. The van der Waals surface area contributed by atoms with Gasteiger partial charge >= 0.3 is 0 Å². The lowest BCUT2D eigenvalue weighted by Crippen LogP contribution is -2.16. The highest BCUT2D eigenvalue weighted by Gasteiger charge is 2.36. The van der Waals surface area contributed by atoms with Crippen molar-refractivity contribution in [2.75, 3.05) is 0 Å². The Balaban J connectivity index is 1.01. The van der Waals surface area contributed by atoms with E-state index in [1.165, 1.54) is 0 Å². The highest BCUT2D eigenvalue weighted by Crippen LogP contribution is 2.54. The Morgan fingerprint density at radius 1 is 0.181 bits per heavy atom. The normalized spacial score (nSPS) is 11.6. The molecule has 0 radical (unpaired) electrons. The standard InChI is InChI=1S/C109H67N7/c110-67-87-50-41-86(69-112-87)105-108(115-101-55-46-82(74-33-17-5-18-34-74)63-92(101)93-64-83(47-56-102(93)115)75-35-19-6-20-36-75)106(113-97-51-42-78(70-25-9-1-10-26-70)59-88(97)89-60-79(43-52-98(89)113)71-27-11-2-12-28-71)96(68-111)107(114-99-53-44-80(72-29-13-3-14-30-72)61-90(99)91-62-81(45-54-100(91)114)73-31-15-4-16-32-73)109(105)116-103-57-48-84(76-37-21-7-22-38-76)65-94(103)95-66-85(49-58-104(95)116)77-39-23-8-24-40-77/h1-66,69H. The van der Waals surface area contributed by atoms with E-state index >= 15 is 0 Å². The zero-order valence-corrected chi connectivity index (χ0v) is 62.8. The molecule has 5 heterocycles. The van der Waals surface area contributed by atoms with E-state index in [0.717, 1.165) is 193 Å². The summed E-state index contributed by atoms with van der Waals surface area (Å²) in [5.41, 5.74) is 29.2. The number of nitrogens with zero attached hydrogens (tertiary/aromatic N) is 7. The number of hydrogen-bond donors (Lipinski definition) is 0. The SMILES string of the molecule is N#Cc1ccc(-c2c(-n3c4ccc(-c5ccccc5)cc4c4cc(-c5ccccc5)ccc43)c(-n3c4ccc(-c5ccccc5)cc4c4cc(-c5ccccc5)ccc43)c(C#N)c(-n3c4ccc(-c5ccccc5)cc4c4cc(-c5ccccc5)ccc43)c2-n2c3ccc(-c4ccccc4)cc3c3cc(-c4ccccc4)ccc32)cn1. The van der Waals surface area contributed by atoms with Gasteiger partial charge in [-0.2, -0.15) is 10.5 Å². The first kappa shape index (κ1) is 67.0. The van der Waals surface area contributed by atoms with Crippen LogP contribution in [-0.4, -0.2) is 23.3 Å². The molecule has 0 fully saturated rings. The number of benzene rings is 17. The Morgan fingerprint density at radius 2 is 0.371 bits per heavy atom. The molecule has 0 N–H and O–H groups in total. The van der Waals surface area contributed by atoms with E-state index in [1.807, 2.05) is 12.3 Å². The molecule has 22 rings (SSSR count). The average Bonchev–Trinajstić information content (AvgIpc) is 1.46. The molecule has 17 aromatic carbocycles. The van der Waals surface area contributed by atoms with Gasteiger partial charge in [0.2, 0.25) is 0 Å². The monoisotopic (exact) mass is 1470 g/mol.